The van der Waals surface area contributed by atoms with Crippen LogP contribution >= 0.6 is 15.9 Å². The molecule has 0 fully saturated rings. The van der Waals surface area contributed by atoms with Crippen LogP contribution < -0.4 is 10.1 Å². The van der Waals surface area contributed by atoms with Crippen molar-refractivity contribution in [1.29, 1.82) is 0 Å². The van der Waals surface area contributed by atoms with Gasteiger partial charge in [-0.05, 0) is 36.1 Å². The van der Waals surface area contributed by atoms with Crippen molar-refractivity contribution in [2.45, 2.75) is 33.2 Å². The molecule has 2 aromatic rings. The summed E-state index contributed by atoms with van der Waals surface area (Å²) in [6.07, 6.45) is 0.825. The van der Waals surface area contributed by atoms with Gasteiger partial charge in [0, 0.05) is 4.47 Å². The van der Waals surface area contributed by atoms with Gasteiger partial charge in [-0.2, -0.15) is 0 Å². The first kappa shape index (κ1) is 18.5. The fourth-order valence-electron chi connectivity index (χ4n) is 2.40. The molecule has 128 valence electrons. The maximum absolute atomic E-state index is 12.8. The van der Waals surface area contributed by atoms with Crippen LogP contribution in [0.15, 0.2) is 53.0 Å². The van der Waals surface area contributed by atoms with Crippen LogP contribution in [0.1, 0.15) is 49.2 Å². The molecule has 0 aliphatic carbocycles. The Morgan fingerprint density at radius 2 is 1.88 bits per heavy atom. The summed E-state index contributed by atoms with van der Waals surface area (Å²) in [6, 6.07) is 15.5. The Hall–Kier alpha value is -1.81. The van der Waals surface area contributed by atoms with Gasteiger partial charge >= 0.3 is 0 Å². The summed E-state index contributed by atoms with van der Waals surface area (Å²) >= 11 is 3.44. The molecule has 0 saturated carbocycles. The molecule has 0 aliphatic heterocycles. The van der Waals surface area contributed by atoms with Crippen molar-refractivity contribution in [2.75, 3.05) is 6.61 Å². The van der Waals surface area contributed by atoms with E-state index in [1.165, 1.54) is 0 Å². The molecular formula is C20H24BrNO2. The Kier molecular flexibility index (Phi) is 6.85. The maximum atomic E-state index is 12.8. The molecule has 1 atom stereocenters. The lowest BCUT2D eigenvalue weighted by atomic mass is 10.0. The normalized spacial score (nSPS) is 12.0. The zero-order valence-electron chi connectivity index (χ0n) is 14.4. The minimum atomic E-state index is -0.120. The highest BCUT2D eigenvalue weighted by Gasteiger charge is 2.18. The number of nitrogens with one attached hydrogen (secondary N) is 1. The van der Waals surface area contributed by atoms with Gasteiger partial charge in [0.1, 0.15) is 5.75 Å². The van der Waals surface area contributed by atoms with Gasteiger partial charge in [-0.1, -0.05) is 67.0 Å². The lowest BCUT2D eigenvalue weighted by molar-refractivity contribution is 0.0930. The van der Waals surface area contributed by atoms with Crippen molar-refractivity contribution in [3.05, 3.63) is 64.1 Å². The largest absolute Gasteiger partial charge is 0.492 e. The van der Waals surface area contributed by atoms with Gasteiger partial charge in [-0.15, -0.1) is 0 Å². The first-order valence-electron chi connectivity index (χ1n) is 8.29. The molecule has 0 aliphatic rings. The zero-order chi connectivity index (χ0) is 17.5. The molecule has 0 bridgehead atoms. The van der Waals surface area contributed by atoms with E-state index in [4.69, 9.17) is 4.74 Å². The summed E-state index contributed by atoms with van der Waals surface area (Å²) in [5, 5.41) is 3.11. The summed E-state index contributed by atoms with van der Waals surface area (Å²) < 4.78 is 6.67. The molecular weight excluding hydrogens is 366 g/mol. The molecule has 3 nitrogen and oxygen atoms in total. The average molecular weight is 390 g/mol. The Morgan fingerprint density at radius 3 is 2.50 bits per heavy atom. The van der Waals surface area contributed by atoms with Crippen LogP contribution in [0, 0.1) is 5.92 Å². The van der Waals surface area contributed by atoms with Crippen LogP contribution in [-0.4, -0.2) is 12.5 Å². The van der Waals surface area contributed by atoms with E-state index in [1.54, 1.807) is 0 Å². The number of ether oxygens (including phenoxy) is 1. The van der Waals surface area contributed by atoms with Crippen LogP contribution in [0.2, 0.25) is 0 Å². The van der Waals surface area contributed by atoms with Gasteiger partial charge in [-0.3, -0.25) is 4.79 Å². The minimum absolute atomic E-state index is 0.0179. The molecule has 1 amide bonds. The van der Waals surface area contributed by atoms with Crippen molar-refractivity contribution in [3.8, 4) is 5.75 Å². The standard InChI is InChI=1S/C20H24BrNO2/c1-4-18(15-8-6-5-7-9-15)22-20(23)17-12-16(21)10-11-19(17)24-13-14(2)3/h5-12,14,18H,4,13H2,1-3H3,(H,22,23). The van der Waals surface area contributed by atoms with Crippen LogP contribution in [0.4, 0.5) is 0 Å². The maximum Gasteiger partial charge on any atom is 0.255 e. The number of rotatable bonds is 7. The molecule has 4 heteroatoms. The third-order valence-corrected chi connectivity index (χ3v) is 4.17. The average Bonchev–Trinajstić information content (AvgIpc) is 2.59. The summed E-state index contributed by atoms with van der Waals surface area (Å²) in [4.78, 5) is 12.8. The van der Waals surface area contributed by atoms with Gasteiger partial charge in [0.15, 0.2) is 0 Å². The number of carbonyl (C=O) groups is 1. The smallest absolute Gasteiger partial charge is 0.255 e. The third kappa shape index (κ3) is 5.10. The number of hydrogen-bond acceptors (Lipinski definition) is 2. The SMILES string of the molecule is CCC(NC(=O)c1cc(Br)ccc1OCC(C)C)c1ccccc1. The lowest BCUT2D eigenvalue weighted by Gasteiger charge is -2.19. The molecule has 0 radical (unpaired) electrons. The Morgan fingerprint density at radius 1 is 1.17 bits per heavy atom. The first-order valence-corrected chi connectivity index (χ1v) is 9.08. The number of hydrogen-bond donors (Lipinski definition) is 1. The quantitative estimate of drug-likeness (QED) is 0.691. The number of benzene rings is 2. The number of halogens is 1. The number of carbonyl (C=O) groups excluding carboxylic acids is 1. The minimum Gasteiger partial charge on any atom is -0.492 e. The summed E-state index contributed by atoms with van der Waals surface area (Å²) in [5.41, 5.74) is 1.66. The van der Waals surface area contributed by atoms with E-state index in [-0.39, 0.29) is 11.9 Å². The van der Waals surface area contributed by atoms with Crippen molar-refractivity contribution in [2.24, 2.45) is 5.92 Å². The van der Waals surface area contributed by atoms with E-state index in [0.717, 1.165) is 16.5 Å². The molecule has 0 saturated heterocycles. The predicted molar refractivity (Wildman–Crippen MR) is 101 cm³/mol. The molecule has 1 unspecified atom stereocenters. The van der Waals surface area contributed by atoms with Crippen molar-refractivity contribution < 1.29 is 9.53 Å². The van der Waals surface area contributed by atoms with E-state index in [1.807, 2.05) is 48.5 Å². The number of amides is 1. The predicted octanol–water partition coefficient (Wildman–Crippen LogP) is 5.37. The van der Waals surface area contributed by atoms with Gasteiger partial charge in [-0.25, -0.2) is 0 Å². The first-order chi connectivity index (χ1) is 11.5. The highest BCUT2D eigenvalue weighted by molar-refractivity contribution is 9.10. The summed E-state index contributed by atoms with van der Waals surface area (Å²) in [6.45, 7) is 6.81. The molecule has 2 rings (SSSR count). The second-order valence-corrected chi connectivity index (χ2v) is 7.11. The molecule has 2 aromatic carbocycles. The molecule has 0 aromatic heterocycles. The third-order valence-electron chi connectivity index (χ3n) is 3.67. The van der Waals surface area contributed by atoms with Gasteiger partial charge in [0.25, 0.3) is 5.91 Å². The monoisotopic (exact) mass is 389 g/mol. The Labute approximate surface area is 152 Å². The van der Waals surface area contributed by atoms with E-state index in [2.05, 4.69) is 42.0 Å². The molecule has 0 heterocycles. The topological polar surface area (TPSA) is 38.3 Å². The van der Waals surface area contributed by atoms with Crippen molar-refractivity contribution in [1.82, 2.24) is 5.32 Å². The van der Waals surface area contributed by atoms with E-state index in [0.29, 0.717) is 23.8 Å². The van der Waals surface area contributed by atoms with E-state index < -0.39 is 0 Å². The lowest BCUT2D eigenvalue weighted by Crippen LogP contribution is -2.28. The second-order valence-electron chi connectivity index (χ2n) is 6.19. The van der Waals surface area contributed by atoms with Crippen molar-refractivity contribution >= 4 is 21.8 Å². The zero-order valence-corrected chi connectivity index (χ0v) is 16.0. The van der Waals surface area contributed by atoms with Crippen molar-refractivity contribution in [3.63, 3.8) is 0 Å². The molecule has 1 N–H and O–H groups in total. The van der Waals surface area contributed by atoms with Crippen LogP contribution in [0.25, 0.3) is 0 Å². The molecule has 0 spiro atoms. The summed E-state index contributed by atoms with van der Waals surface area (Å²) in [7, 11) is 0. The van der Waals surface area contributed by atoms with Gasteiger partial charge < -0.3 is 10.1 Å². The Balaban J connectivity index is 2.20. The summed E-state index contributed by atoms with van der Waals surface area (Å²) in [5.74, 6) is 0.898. The van der Waals surface area contributed by atoms with E-state index in [9.17, 15) is 4.79 Å². The second kappa shape index (κ2) is 8.88. The fraction of sp³-hybridized carbons (Fsp3) is 0.350. The van der Waals surface area contributed by atoms with Gasteiger partial charge in [0.05, 0.1) is 18.2 Å². The Bertz CT molecular complexity index is 671. The molecule has 24 heavy (non-hydrogen) atoms. The fourth-order valence-corrected chi connectivity index (χ4v) is 2.77. The van der Waals surface area contributed by atoms with Crippen LogP contribution in [0.3, 0.4) is 0 Å². The highest BCUT2D eigenvalue weighted by atomic mass is 79.9. The van der Waals surface area contributed by atoms with Crippen LogP contribution in [-0.2, 0) is 0 Å². The highest BCUT2D eigenvalue weighted by Crippen LogP contribution is 2.25. The van der Waals surface area contributed by atoms with Gasteiger partial charge in [0.2, 0.25) is 0 Å². The van der Waals surface area contributed by atoms with E-state index >= 15 is 0 Å². The van der Waals surface area contributed by atoms with Crippen LogP contribution in [0.5, 0.6) is 5.75 Å².